The molecule has 1 heterocycles. The van der Waals surface area contributed by atoms with Gasteiger partial charge in [-0.25, -0.2) is 0 Å². The molecule has 0 spiro atoms. The summed E-state index contributed by atoms with van der Waals surface area (Å²) in [6.45, 7) is 3.38. The largest absolute Gasteiger partial charge is 0.371 e. The molecule has 0 bridgehead atoms. The summed E-state index contributed by atoms with van der Waals surface area (Å²) < 4.78 is 0. The van der Waals surface area contributed by atoms with Gasteiger partial charge in [-0.05, 0) is 29.3 Å². The lowest BCUT2D eigenvalue weighted by Gasteiger charge is -2.37. The first kappa shape index (κ1) is 14.2. The van der Waals surface area contributed by atoms with Crippen LogP contribution in [0.1, 0.15) is 11.1 Å². The minimum absolute atomic E-state index is 0.525. The van der Waals surface area contributed by atoms with E-state index in [1.807, 2.05) is 6.07 Å². The van der Waals surface area contributed by atoms with Crippen LogP contribution >= 0.6 is 11.6 Å². The highest BCUT2D eigenvalue weighted by atomic mass is 35.5. The summed E-state index contributed by atoms with van der Waals surface area (Å²) in [6, 6.07) is 14.6. The van der Waals surface area contributed by atoms with Crippen molar-refractivity contribution in [3.05, 3.63) is 58.6 Å². The molecule has 21 heavy (non-hydrogen) atoms. The molecule has 0 radical (unpaired) electrons. The minimum atomic E-state index is 0.525. The molecule has 0 saturated heterocycles. The monoisotopic (exact) mass is 301 g/mol. The Balaban J connectivity index is 1.88. The van der Waals surface area contributed by atoms with Crippen LogP contribution < -0.4 is 15.5 Å². The van der Waals surface area contributed by atoms with E-state index in [4.69, 9.17) is 17.3 Å². The molecule has 0 amide bonds. The number of nitrogens with zero attached hydrogens (tertiary/aromatic N) is 2. The topological polar surface area (TPSA) is 32.5 Å². The van der Waals surface area contributed by atoms with E-state index in [1.165, 1.54) is 11.4 Å². The number of rotatable bonds is 3. The third kappa shape index (κ3) is 2.85. The zero-order chi connectivity index (χ0) is 14.8. The van der Waals surface area contributed by atoms with Crippen LogP contribution in [-0.2, 0) is 13.1 Å². The number of anilines is 2. The van der Waals surface area contributed by atoms with Crippen molar-refractivity contribution < 1.29 is 0 Å². The van der Waals surface area contributed by atoms with Crippen molar-refractivity contribution >= 4 is 23.0 Å². The van der Waals surface area contributed by atoms with Crippen LogP contribution in [0.3, 0.4) is 0 Å². The van der Waals surface area contributed by atoms with Crippen LogP contribution in [0.25, 0.3) is 0 Å². The van der Waals surface area contributed by atoms with Gasteiger partial charge in [-0.1, -0.05) is 35.9 Å². The molecule has 1 aliphatic rings. The van der Waals surface area contributed by atoms with Gasteiger partial charge in [-0.2, -0.15) is 0 Å². The highest BCUT2D eigenvalue weighted by Crippen LogP contribution is 2.33. The lowest BCUT2D eigenvalue weighted by Crippen LogP contribution is -2.38. The molecule has 0 atom stereocenters. The number of fused-ring (bicyclic) bond motifs is 1. The van der Waals surface area contributed by atoms with Gasteiger partial charge in [0.25, 0.3) is 0 Å². The number of likely N-dealkylation sites (N-methyl/N-ethyl adjacent to an activating group) is 1. The van der Waals surface area contributed by atoms with Gasteiger partial charge in [0.05, 0.1) is 11.4 Å². The summed E-state index contributed by atoms with van der Waals surface area (Å²) in [4.78, 5) is 4.68. The molecule has 0 fully saturated rings. The summed E-state index contributed by atoms with van der Waals surface area (Å²) in [6.07, 6.45) is 0. The third-order valence-corrected chi connectivity index (χ3v) is 4.41. The van der Waals surface area contributed by atoms with Crippen molar-refractivity contribution in [3.63, 3.8) is 0 Å². The Kier molecular flexibility index (Phi) is 4.04. The maximum absolute atomic E-state index is 6.39. The quantitative estimate of drug-likeness (QED) is 0.944. The number of hydrogen-bond donors (Lipinski definition) is 1. The van der Waals surface area contributed by atoms with Crippen LogP contribution in [0.5, 0.6) is 0 Å². The zero-order valence-electron chi connectivity index (χ0n) is 12.2. The van der Waals surface area contributed by atoms with E-state index in [0.29, 0.717) is 6.54 Å². The van der Waals surface area contributed by atoms with Crippen molar-refractivity contribution in [3.8, 4) is 0 Å². The van der Waals surface area contributed by atoms with E-state index in [1.54, 1.807) is 0 Å². The maximum atomic E-state index is 6.39. The fourth-order valence-electron chi connectivity index (χ4n) is 2.78. The van der Waals surface area contributed by atoms with Gasteiger partial charge < -0.3 is 15.5 Å². The molecule has 4 heteroatoms. The van der Waals surface area contributed by atoms with E-state index < -0.39 is 0 Å². The van der Waals surface area contributed by atoms with E-state index in [-0.39, 0.29) is 0 Å². The second-order valence-electron chi connectivity index (χ2n) is 5.46. The fraction of sp³-hybridized carbons (Fsp3) is 0.294. The molecule has 0 unspecified atom stereocenters. The Morgan fingerprint density at radius 2 is 1.86 bits per heavy atom. The minimum Gasteiger partial charge on any atom is -0.371 e. The first-order valence-electron chi connectivity index (χ1n) is 7.21. The SMILES string of the molecule is CN1CCN(Cc2ccc(CN)cc2Cl)c2ccccc21. The molecule has 1 aliphatic heterocycles. The molecule has 0 aliphatic carbocycles. The molecular formula is C17H20ClN3. The Labute approximate surface area is 130 Å². The van der Waals surface area contributed by atoms with E-state index in [2.05, 4.69) is 53.2 Å². The van der Waals surface area contributed by atoms with Crippen molar-refractivity contribution in [2.24, 2.45) is 5.73 Å². The van der Waals surface area contributed by atoms with Gasteiger partial charge >= 0.3 is 0 Å². The highest BCUT2D eigenvalue weighted by Gasteiger charge is 2.20. The summed E-state index contributed by atoms with van der Waals surface area (Å²) in [5.74, 6) is 0. The smallest absolute Gasteiger partial charge is 0.0607 e. The molecule has 110 valence electrons. The number of para-hydroxylation sites is 2. The first-order chi connectivity index (χ1) is 10.2. The van der Waals surface area contributed by atoms with Gasteiger partial charge in [0, 0.05) is 38.2 Å². The Morgan fingerprint density at radius 3 is 2.57 bits per heavy atom. The lowest BCUT2D eigenvalue weighted by atomic mass is 10.1. The molecule has 0 saturated carbocycles. The predicted molar refractivity (Wildman–Crippen MR) is 90.1 cm³/mol. The van der Waals surface area contributed by atoms with Crippen molar-refractivity contribution in [2.75, 3.05) is 29.9 Å². The summed E-state index contributed by atoms with van der Waals surface area (Å²) in [7, 11) is 2.14. The maximum Gasteiger partial charge on any atom is 0.0607 e. The number of hydrogen-bond acceptors (Lipinski definition) is 3. The second kappa shape index (κ2) is 5.96. The Bertz CT molecular complexity index is 642. The van der Waals surface area contributed by atoms with E-state index in [0.717, 1.165) is 35.8 Å². The first-order valence-corrected chi connectivity index (χ1v) is 7.59. The average molecular weight is 302 g/mol. The number of nitrogens with two attached hydrogens (primary N) is 1. The van der Waals surface area contributed by atoms with Crippen molar-refractivity contribution in [1.29, 1.82) is 0 Å². The summed E-state index contributed by atoms with van der Waals surface area (Å²) >= 11 is 6.39. The Hall–Kier alpha value is -1.71. The zero-order valence-corrected chi connectivity index (χ0v) is 13.0. The van der Waals surface area contributed by atoms with Gasteiger partial charge in [0.1, 0.15) is 0 Å². The average Bonchev–Trinajstić information content (AvgIpc) is 2.52. The standard InChI is InChI=1S/C17H20ClN3/c1-20-8-9-21(17-5-3-2-4-16(17)20)12-14-7-6-13(11-19)10-15(14)18/h2-7,10H,8-9,11-12,19H2,1H3. The van der Waals surface area contributed by atoms with Gasteiger partial charge in [-0.3, -0.25) is 0 Å². The molecule has 0 aromatic heterocycles. The van der Waals surface area contributed by atoms with Crippen LogP contribution in [0.2, 0.25) is 5.02 Å². The van der Waals surface area contributed by atoms with E-state index >= 15 is 0 Å². The molecule has 2 aromatic rings. The van der Waals surface area contributed by atoms with Gasteiger partial charge in [-0.15, -0.1) is 0 Å². The van der Waals surface area contributed by atoms with Crippen molar-refractivity contribution in [2.45, 2.75) is 13.1 Å². The van der Waals surface area contributed by atoms with Crippen molar-refractivity contribution in [1.82, 2.24) is 0 Å². The molecular weight excluding hydrogens is 282 g/mol. The summed E-state index contributed by atoms with van der Waals surface area (Å²) in [5.41, 5.74) is 10.4. The molecule has 3 rings (SSSR count). The number of halogens is 1. The summed E-state index contributed by atoms with van der Waals surface area (Å²) in [5, 5.41) is 0.800. The molecule has 3 nitrogen and oxygen atoms in total. The van der Waals surface area contributed by atoms with Crippen LogP contribution in [0.4, 0.5) is 11.4 Å². The van der Waals surface area contributed by atoms with Crippen LogP contribution in [0, 0.1) is 0 Å². The van der Waals surface area contributed by atoms with Gasteiger partial charge in [0.15, 0.2) is 0 Å². The van der Waals surface area contributed by atoms with Crippen LogP contribution in [-0.4, -0.2) is 20.1 Å². The number of benzene rings is 2. The molecule has 2 aromatic carbocycles. The van der Waals surface area contributed by atoms with Crippen LogP contribution in [0.15, 0.2) is 42.5 Å². The highest BCUT2D eigenvalue weighted by molar-refractivity contribution is 6.31. The van der Waals surface area contributed by atoms with Gasteiger partial charge in [0.2, 0.25) is 0 Å². The third-order valence-electron chi connectivity index (χ3n) is 4.05. The predicted octanol–water partition coefficient (Wildman–Crippen LogP) is 3.26. The lowest BCUT2D eigenvalue weighted by molar-refractivity contribution is 0.734. The second-order valence-corrected chi connectivity index (χ2v) is 5.87. The Morgan fingerprint density at radius 1 is 1.10 bits per heavy atom. The van der Waals surface area contributed by atoms with E-state index in [9.17, 15) is 0 Å². The normalized spacial score (nSPS) is 14.2. The molecule has 2 N–H and O–H groups in total. The fourth-order valence-corrected chi connectivity index (χ4v) is 3.04.